The molecule has 244 valence electrons. The number of carbonyl (C=O) groups is 1. The maximum Gasteiger partial charge on any atom is 0.334 e. The van der Waals surface area contributed by atoms with E-state index in [1.54, 1.807) is 0 Å². The molecule has 0 saturated carbocycles. The van der Waals surface area contributed by atoms with Gasteiger partial charge in [-0.15, -0.1) is 0 Å². The molecule has 42 heavy (non-hydrogen) atoms. The van der Waals surface area contributed by atoms with Crippen LogP contribution in [0.2, 0.25) is 0 Å². The van der Waals surface area contributed by atoms with Gasteiger partial charge < -0.3 is 30.2 Å². The molecule has 7 heteroatoms. The number of hydrogen-bond acceptors (Lipinski definition) is 7. The van der Waals surface area contributed by atoms with Gasteiger partial charge in [0, 0.05) is 11.6 Å². The number of rotatable bonds is 23. The summed E-state index contributed by atoms with van der Waals surface area (Å²) in [6.07, 6.45) is 24.3. The molecule has 0 aromatic carbocycles. The standard InChI is InChI=1S/C35H63NO6/c1-3-4-5-6-10-13-19-29(37)31-21-23-33(41-31)34-24-22-32(42-34)30(38)20-15-14-18-28(36)17-12-9-7-8-11-16-27-25-26(2)40-35(27)39/h25-26,28-34,37-38H,3-24,36H2,1-2H3/t26-,28?,29-,30+,31+,32+,33+,34+/m0/s1. The third-order valence-corrected chi connectivity index (χ3v) is 9.63. The smallest absolute Gasteiger partial charge is 0.334 e. The van der Waals surface area contributed by atoms with Crippen LogP contribution in [0.1, 0.15) is 155 Å². The van der Waals surface area contributed by atoms with E-state index in [2.05, 4.69) is 6.92 Å². The van der Waals surface area contributed by atoms with E-state index in [1.807, 2.05) is 13.0 Å². The van der Waals surface area contributed by atoms with Crippen LogP contribution >= 0.6 is 0 Å². The molecule has 4 N–H and O–H groups in total. The van der Waals surface area contributed by atoms with E-state index in [0.717, 1.165) is 102 Å². The number of aliphatic hydroxyl groups excluding tert-OH is 2. The van der Waals surface area contributed by atoms with Crippen LogP contribution in [-0.2, 0) is 19.0 Å². The average Bonchev–Trinajstić information content (AvgIpc) is 3.72. The second-order valence-electron chi connectivity index (χ2n) is 13.4. The number of aliphatic hydroxyl groups is 2. The third-order valence-electron chi connectivity index (χ3n) is 9.63. The van der Waals surface area contributed by atoms with Crippen molar-refractivity contribution in [3.8, 4) is 0 Å². The second kappa shape index (κ2) is 20.1. The molecule has 3 aliphatic heterocycles. The summed E-state index contributed by atoms with van der Waals surface area (Å²) in [5.74, 6) is -0.136. The van der Waals surface area contributed by atoms with Gasteiger partial charge in [0.2, 0.25) is 0 Å². The van der Waals surface area contributed by atoms with E-state index in [9.17, 15) is 15.0 Å². The van der Waals surface area contributed by atoms with Gasteiger partial charge in [-0.25, -0.2) is 4.79 Å². The minimum absolute atomic E-state index is 0.0457. The zero-order chi connectivity index (χ0) is 30.2. The van der Waals surface area contributed by atoms with E-state index >= 15 is 0 Å². The molecule has 0 aliphatic carbocycles. The number of carbonyl (C=O) groups excluding carboxylic acids is 1. The maximum absolute atomic E-state index is 11.6. The van der Waals surface area contributed by atoms with Crippen LogP contribution in [0.3, 0.4) is 0 Å². The highest BCUT2D eigenvalue weighted by atomic mass is 16.6. The Hall–Kier alpha value is -0.990. The van der Waals surface area contributed by atoms with Gasteiger partial charge in [0.1, 0.15) is 6.10 Å². The van der Waals surface area contributed by atoms with Gasteiger partial charge in [0.25, 0.3) is 0 Å². The highest BCUT2D eigenvalue weighted by molar-refractivity contribution is 5.90. The fourth-order valence-corrected chi connectivity index (χ4v) is 6.97. The van der Waals surface area contributed by atoms with Crippen molar-refractivity contribution in [2.45, 2.75) is 204 Å². The van der Waals surface area contributed by atoms with Gasteiger partial charge in [-0.05, 0) is 77.2 Å². The Morgan fingerprint density at radius 1 is 0.738 bits per heavy atom. The van der Waals surface area contributed by atoms with E-state index in [1.165, 1.54) is 44.9 Å². The van der Waals surface area contributed by atoms with Crippen molar-refractivity contribution >= 4 is 5.97 Å². The normalized spacial score (nSPS) is 28.2. The fraction of sp³-hybridized carbons (Fsp3) is 0.914. The van der Waals surface area contributed by atoms with Crippen LogP contribution < -0.4 is 5.73 Å². The molecule has 1 unspecified atom stereocenters. The van der Waals surface area contributed by atoms with Crippen molar-refractivity contribution in [1.29, 1.82) is 0 Å². The van der Waals surface area contributed by atoms with Gasteiger partial charge in [-0.3, -0.25) is 0 Å². The van der Waals surface area contributed by atoms with Gasteiger partial charge in [-0.1, -0.05) is 84.0 Å². The van der Waals surface area contributed by atoms with Crippen LogP contribution in [0, 0.1) is 0 Å². The molecule has 3 aliphatic rings. The molecule has 3 heterocycles. The summed E-state index contributed by atoms with van der Waals surface area (Å²) in [6, 6.07) is 0.234. The molecule has 3 rings (SSSR count). The lowest BCUT2D eigenvalue weighted by molar-refractivity contribution is -0.139. The Morgan fingerprint density at radius 3 is 1.76 bits per heavy atom. The second-order valence-corrected chi connectivity index (χ2v) is 13.4. The Labute approximate surface area is 256 Å². The molecule has 0 aromatic heterocycles. The van der Waals surface area contributed by atoms with E-state index < -0.39 is 6.10 Å². The Bertz CT molecular complexity index is 775. The van der Waals surface area contributed by atoms with Gasteiger partial charge in [0.05, 0.1) is 36.6 Å². The molecule has 8 atom stereocenters. The Morgan fingerprint density at radius 2 is 1.21 bits per heavy atom. The van der Waals surface area contributed by atoms with Crippen molar-refractivity contribution < 1.29 is 29.2 Å². The van der Waals surface area contributed by atoms with Crippen LogP contribution in [0.5, 0.6) is 0 Å². The molecule has 2 saturated heterocycles. The largest absolute Gasteiger partial charge is 0.455 e. The number of hydrogen-bond donors (Lipinski definition) is 3. The maximum atomic E-state index is 11.6. The molecule has 0 aromatic rings. The topological polar surface area (TPSA) is 111 Å². The van der Waals surface area contributed by atoms with Gasteiger partial charge in [0.15, 0.2) is 0 Å². The number of esters is 1. The summed E-state index contributed by atoms with van der Waals surface area (Å²) in [6.45, 7) is 4.14. The molecule has 0 radical (unpaired) electrons. The van der Waals surface area contributed by atoms with Gasteiger partial charge >= 0.3 is 5.97 Å². The molecule has 0 amide bonds. The average molecular weight is 594 g/mol. The Kier molecular flexibility index (Phi) is 17.0. The quantitative estimate of drug-likeness (QED) is 0.0860. The van der Waals surface area contributed by atoms with E-state index in [-0.39, 0.29) is 48.6 Å². The molecule has 2 fully saturated rings. The predicted molar refractivity (Wildman–Crippen MR) is 168 cm³/mol. The number of ether oxygens (including phenoxy) is 3. The Balaban J connectivity index is 1.15. The third kappa shape index (κ3) is 12.9. The van der Waals surface area contributed by atoms with Crippen molar-refractivity contribution in [3.05, 3.63) is 11.6 Å². The highest BCUT2D eigenvalue weighted by Gasteiger charge is 2.40. The van der Waals surface area contributed by atoms with Crippen molar-refractivity contribution in [2.24, 2.45) is 5.73 Å². The molecular weight excluding hydrogens is 530 g/mol. The highest BCUT2D eigenvalue weighted by Crippen LogP contribution is 2.34. The van der Waals surface area contributed by atoms with Crippen molar-refractivity contribution in [1.82, 2.24) is 0 Å². The lowest BCUT2D eigenvalue weighted by atomic mass is 9.99. The fourth-order valence-electron chi connectivity index (χ4n) is 6.97. The molecular formula is C35H63NO6. The minimum Gasteiger partial charge on any atom is -0.455 e. The minimum atomic E-state index is -0.424. The SMILES string of the molecule is CCCCCCCC[C@H](O)[C@H]1CC[C@H]([C@H]2CC[C@H]([C@H](O)CCCCC(N)CCCCCCCC3=C[C@H](C)OC3=O)O2)O1. The first kappa shape index (κ1) is 35.5. The van der Waals surface area contributed by atoms with Crippen LogP contribution in [-0.4, -0.2) is 65.0 Å². The van der Waals surface area contributed by atoms with E-state index in [0.29, 0.717) is 0 Å². The molecule has 0 spiro atoms. The van der Waals surface area contributed by atoms with Crippen molar-refractivity contribution in [2.75, 3.05) is 0 Å². The van der Waals surface area contributed by atoms with E-state index in [4.69, 9.17) is 19.9 Å². The van der Waals surface area contributed by atoms with Gasteiger partial charge in [-0.2, -0.15) is 0 Å². The first-order valence-electron chi connectivity index (χ1n) is 17.7. The summed E-state index contributed by atoms with van der Waals surface area (Å²) in [5.41, 5.74) is 7.21. The lowest BCUT2D eigenvalue weighted by Gasteiger charge is -2.24. The van der Waals surface area contributed by atoms with Crippen LogP contribution in [0.25, 0.3) is 0 Å². The lowest BCUT2D eigenvalue weighted by Crippen LogP contribution is -2.33. The number of nitrogens with two attached hydrogens (primary N) is 1. The summed E-state index contributed by atoms with van der Waals surface area (Å²) in [7, 11) is 0. The number of unbranched alkanes of at least 4 members (excludes halogenated alkanes) is 10. The first-order valence-corrected chi connectivity index (χ1v) is 17.7. The van der Waals surface area contributed by atoms with Crippen LogP contribution in [0.4, 0.5) is 0 Å². The molecule has 0 bridgehead atoms. The summed E-state index contributed by atoms with van der Waals surface area (Å²) < 4.78 is 17.7. The monoisotopic (exact) mass is 593 g/mol. The molecule has 7 nitrogen and oxygen atoms in total. The summed E-state index contributed by atoms with van der Waals surface area (Å²) in [4.78, 5) is 11.6. The predicted octanol–water partition coefficient (Wildman–Crippen LogP) is 7.04. The van der Waals surface area contributed by atoms with Crippen molar-refractivity contribution in [3.63, 3.8) is 0 Å². The number of cyclic esters (lactones) is 1. The summed E-state index contributed by atoms with van der Waals surface area (Å²) >= 11 is 0. The zero-order valence-electron chi connectivity index (χ0n) is 26.9. The van der Waals surface area contributed by atoms with Crippen LogP contribution in [0.15, 0.2) is 11.6 Å². The first-order chi connectivity index (χ1) is 20.4. The summed E-state index contributed by atoms with van der Waals surface area (Å²) in [5, 5.41) is 21.4. The zero-order valence-corrected chi connectivity index (χ0v) is 26.9.